The topological polar surface area (TPSA) is 39.7 Å². The van der Waals surface area contributed by atoms with Crippen LogP contribution in [-0.4, -0.2) is 21.3 Å². The number of nitrogens with one attached hydrogen (secondary N) is 1. The summed E-state index contributed by atoms with van der Waals surface area (Å²) in [4.78, 5) is 4.85. The van der Waals surface area contributed by atoms with Crippen LogP contribution in [0.3, 0.4) is 0 Å². The molecule has 0 aliphatic carbocycles. The predicted octanol–water partition coefficient (Wildman–Crippen LogP) is 1.92. The molecule has 0 amide bonds. The standard InChI is InChI=1S/C12H19NO3/c1-5-10-9(8-13-16-4)6-7-11(14-2)12(10)15-3/h6-7,13H,5,8H2,1-4H3. The van der Waals surface area contributed by atoms with Gasteiger partial charge in [-0.3, -0.25) is 0 Å². The fourth-order valence-corrected chi connectivity index (χ4v) is 1.73. The van der Waals surface area contributed by atoms with Gasteiger partial charge in [0.15, 0.2) is 11.5 Å². The van der Waals surface area contributed by atoms with Gasteiger partial charge in [0.25, 0.3) is 0 Å². The zero-order chi connectivity index (χ0) is 12.0. The highest BCUT2D eigenvalue weighted by Crippen LogP contribution is 2.33. The third kappa shape index (κ3) is 2.65. The van der Waals surface area contributed by atoms with Crippen LogP contribution >= 0.6 is 0 Å². The molecule has 0 unspecified atom stereocenters. The van der Waals surface area contributed by atoms with Crippen molar-refractivity contribution in [1.82, 2.24) is 5.48 Å². The van der Waals surface area contributed by atoms with Crippen LogP contribution in [-0.2, 0) is 17.8 Å². The number of rotatable bonds is 6. The van der Waals surface area contributed by atoms with E-state index < -0.39 is 0 Å². The van der Waals surface area contributed by atoms with Crippen LogP contribution in [0.1, 0.15) is 18.1 Å². The largest absolute Gasteiger partial charge is 0.493 e. The van der Waals surface area contributed by atoms with E-state index in [4.69, 9.17) is 14.3 Å². The highest BCUT2D eigenvalue weighted by molar-refractivity contribution is 5.50. The van der Waals surface area contributed by atoms with Gasteiger partial charge in [0, 0.05) is 12.1 Å². The summed E-state index contributed by atoms with van der Waals surface area (Å²) in [6.45, 7) is 2.74. The molecule has 0 aliphatic rings. The molecule has 1 aromatic carbocycles. The molecule has 1 rings (SSSR count). The molecule has 0 aliphatic heterocycles. The average molecular weight is 225 g/mol. The van der Waals surface area contributed by atoms with Gasteiger partial charge in [-0.1, -0.05) is 13.0 Å². The normalized spacial score (nSPS) is 10.2. The number of benzene rings is 1. The second-order valence-corrected chi connectivity index (χ2v) is 3.32. The molecule has 90 valence electrons. The summed E-state index contributed by atoms with van der Waals surface area (Å²) in [5, 5.41) is 0. The summed E-state index contributed by atoms with van der Waals surface area (Å²) in [5.41, 5.74) is 5.13. The first-order chi connectivity index (χ1) is 7.78. The third-order valence-corrected chi connectivity index (χ3v) is 2.51. The minimum atomic E-state index is 0.653. The first-order valence-corrected chi connectivity index (χ1v) is 5.27. The first kappa shape index (κ1) is 12.8. The molecule has 0 atom stereocenters. The third-order valence-electron chi connectivity index (χ3n) is 2.51. The SMILES string of the molecule is CCc1c(CNOC)ccc(OC)c1OC. The van der Waals surface area contributed by atoms with E-state index in [1.807, 2.05) is 12.1 Å². The maximum atomic E-state index is 5.39. The summed E-state index contributed by atoms with van der Waals surface area (Å²) in [6.07, 6.45) is 0.890. The lowest BCUT2D eigenvalue weighted by atomic mass is 10.0. The highest BCUT2D eigenvalue weighted by atomic mass is 16.6. The Bertz CT molecular complexity index is 339. The molecule has 4 nitrogen and oxygen atoms in total. The average Bonchev–Trinajstić information content (AvgIpc) is 2.34. The van der Waals surface area contributed by atoms with Crippen LogP contribution in [0.5, 0.6) is 11.5 Å². The summed E-state index contributed by atoms with van der Waals surface area (Å²) in [6, 6.07) is 3.93. The molecule has 1 N–H and O–H groups in total. The van der Waals surface area contributed by atoms with E-state index in [2.05, 4.69) is 12.4 Å². The quantitative estimate of drug-likeness (QED) is 0.751. The Morgan fingerprint density at radius 3 is 2.38 bits per heavy atom. The van der Waals surface area contributed by atoms with Gasteiger partial charge in [-0.15, -0.1) is 0 Å². The number of hydrogen-bond donors (Lipinski definition) is 1. The molecular formula is C12H19NO3. The number of methoxy groups -OCH3 is 2. The Labute approximate surface area is 96.5 Å². The van der Waals surface area contributed by atoms with Crippen molar-refractivity contribution in [1.29, 1.82) is 0 Å². The Hall–Kier alpha value is -1.26. The molecule has 4 heteroatoms. The van der Waals surface area contributed by atoms with E-state index in [0.717, 1.165) is 29.0 Å². The Kier molecular flexibility index (Phi) is 5.08. The van der Waals surface area contributed by atoms with Gasteiger partial charge in [0.05, 0.1) is 21.3 Å². The molecule has 16 heavy (non-hydrogen) atoms. The maximum Gasteiger partial charge on any atom is 0.164 e. The van der Waals surface area contributed by atoms with Crippen molar-refractivity contribution in [3.05, 3.63) is 23.3 Å². The first-order valence-electron chi connectivity index (χ1n) is 5.27. The van der Waals surface area contributed by atoms with Crippen LogP contribution in [0.25, 0.3) is 0 Å². The van der Waals surface area contributed by atoms with Gasteiger partial charge in [0.2, 0.25) is 0 Å². The van der Waals surface area contributed by atoms with E-state index >= 15 is 0 Å². The lowest BCUT2D eigenvalue weighted by molar-refractivity contribution is 0.0864. The molecule has 0 radical (unpaired) electrons. The Balaban J connectivity index is 3.10. The van der Waals surface area contributed by atoms with Crippen molar-refractivity contribution in [2.75, 3.05) is 21.3 Å². The molecule has 0 fully saturated rings. The number of ether oxygens (including phenoxy) is 2. The van der Waals surface area contributed by atoms with Gasteiger partial charge in [-0.05, 0) is 18.1 Å². The lowest BCUT2D eigenvalue weighted by Gasteiger charge is -2.15. The van der Waals surface area contributed by atoms with Crippen LogP contribution in [0.15, 0.2) is 12.1 Å². The van der Waals surface area contributed by atoms with E-state index in [1.165, 1.54) is 0 Å². The zero-order valence-corrected chi connectivity index (χ0v) is 10.3. The van der Waals surface area contributed by atoms with Gasteiger partial charge < -0.3 is 14.3 Å². The molecule has 0 bridgehead atoms. The minimum Gasteiger partial charge on any atom is -0.493 e. The fourth-order valence-electron chi connectivity index (χ4n) is 1.73. The van der Waals surface area contributed by atoms with E-state index in [1.54, 1.807) is 21.3 Å². The summed E-state index contributed by atoms with van der Waals surface area (Å²) >= 11 is 0. The fraction of sp³-hybridized carbons (Fsp3) is 0.500. The second-order valence-electron chi connectivity index (χ2n) is 3.32. The highest BCUT2D eigenvalue weighted by Gasteiger charge is 2.12. The smallest absolute Gasteiger partial charge is 0.164 e. The van der Waals surface area contributed by atoms with Crippen molar-refractivity contribution in [3.63, 3.8) is 0 Å². The van der Waals surface area contributed by atoms with E-state index in [-0.39, 0.29) is 0 Å². The number of hydroxylamine groups is 1. The minimum absolute atomic E-state index is 0.653. The van der Waals surface area contributed by atoms with Gasteiger partial charge in [-0.2, -0.15) is 5.48 Å². The maximum absolute atomic E-state index is 5.39. The summed E-state index contributed by atoms with van der Waals surface area (Å²) in [5.74, 6) is 1.57. The second kappa shape index (κ2) is 6.35. The van der Waals surface area contributed by atoms with Crippen LogP contribution in [0, 0.1) is 0 Å². The molecule has 0 heterocycles. The van der Waals surface area contributed by atoms with Gasteiger partial charge in [0.1, 0.15) is 0 Å². The van der Waals surface area contributed by atoms with Crippen molar-refractivity contribution in [3.8, 4) is 11.5 Å². The molecule has 0 saturated carbocycles. The molecule has 0 aromatic heterocycles. The molecule has 1 aromatic rings. The zero-order valence-electron chi connectivity index (χ0n) is 10.3. The van der Waals surface area contributed by atoms with Crippen molar-refractivity contribution < 1.29 is 14.3 Å². The van der Waals surface area contributed by atoms with Crippen LogP contribution in [0.2, 0.25) is 0 Å². The monoisotopic (exact) mass is 225 g/mol. The van der Waals surface area contributed by atoms with E-state index in [0.29, 0.717) is 6.54 Å². The lowest BCUT2D eigenvalue weighted by Crippen LogP contribution is -2.13. The Morgan fingerprint density at radius 1 is 1.12 bits per heavy atom. The van der Waals surface area contributed by atoms with Crippen molar-refractivity contribution in [2.45, 2.75) is 19.9 Å². The summed E-state index contributed by atoms with van der Waals surface area (Å²) < 4.78 is 10.6. The van der Waals surface area contributed by atoms with Crippen molar-refractivity contribution in [2.24, 2.45) is 0 Å². The Morgan fingerprint density at radius 2 is 1.88 bits per heavy atom. The molecule has 0 spiro atoms. The molecular weight excluding hydrogens is 206 g/mol. The number of hydrogen-bond acceptors (Lipinski definition) is 4. The summed E-state index contributed by atoms with van der Waals surface area (Å²) in [7, 11) is 4.90. The molecule has 0 saturated heterocycles. The van der Waals surface area contributed by atoms with Gasteiger partial charge in [-0.25, -0.2) is 0 Å². The van der Waals surface area contributed by atoms with Crippen LogP contribution in [0.4, 0.5) is 0 Å². The van der Waals surface area contributed by atoms with Gasteiger partial charge >= 0.3 is 0 Å². The van der Waals surface area contributed by atoms with Crippen LogP contribution < -0.4 is 15.0 Å². The predicted molar refractivity (Wildman–Crippen MR) is 62.8 cm³/mol. The van der Waals surface area contributed by atoms with E-state index in [9.17, 15) is 0 Å². The van der Waals surface area contributed by atoms with Crippen molar-refractivity contribution >= 4 is 0 Å².